The van der Waals surface area contributed by atoms with Crippen molar-refractivity contribution in [3.63, 3.8) is 0 Å². The van der Waals surface area contributed by atoms with Gasteiger partial charge in [0, 0.05) is 12.7 Å². The van der Waals surface area contributed by atoms with Gasteiger partial charge in [-0.1, -0.05) is 18.2 Å². The first-order chi connectivity index (χ1) is 16.6. The number of fused-ring (bicyclic) bond motifs is 1. The van der Waals surface area contributed by atoms with Gasteiger partial charge in [0.25, 0.3) is 0 Å². The molecule has 0 bridgehead atoms. The predicted molar refractivity (Wildman–Crippen MR) is 131 cm³/mol. The van der Waals surface area contributed by atoms with E-state index in [1.165, 1.54) is 15.5 Å². The van der Waals surface area contributed by atoms with Gasteiger partial charge in [-0.05, 0) is 54.6 Å². The van der Waals surface area contributed by atoms with Crippen molar-refractivity contribution in [2.45, 2.75) is 0 Å². The zero-order valence-electron chi connectivity index (χ0n) is 18.6. The van der Waals surface area contributed by atoms with Gasteiger partial charge in [-0.15, -0.1) is 0 Å². The second kappa shape index (κ2) is 8.62. The summed E-state index contributed by atoms with van der Waals surface area (Å²) in [6, 6.07) is 22.1. The van der Waals surface area contributed by atoms with Gasteiger partial charge in [-0.3, -0.25) is 4.57 Å². The van der Waals surface area contributed by atoms with E-state index in [0.717, 1.165) is 11.4 Å². The molecule has 5 aromatic rings. The largest absolute Gasteiger partial charge is 0.495 e. The summed E-state index contributed by atoms with van der Waals surface area (Å²) in [4.78, 5) is 22.3. The average molecular weight is 454 g/mol. The molecule has 0 spiro atoms. The predicted octanol–water partition coefficient (Wildman–Crippen LogP) is 4.00. The van der Waals surface area contributed by atoms with Gasteiger partial charge < -0.3 is 20.5 Å². The monoisotopic (exact) mass is 454 g/mol. The third kappa shape index (κ3) is 3.58. The molecule has 3 N–H and O–H groups in total. The number of nitrogens with two attached hydrogens (primary N) is 1. The standard InChI is InChI=1S/C25H22N6O3/c1-27-16-8-13-21(33-2)20(14-16)31-24-22(23(26)28-15-29-24)30(25(31)32)17-9-11-19(12-10-17)34-18-6-4-3-5-7-18/h3-15,27H,1-2H3,(H2,26,28,29). The molecule has 34 heavy (non-hydrogen) atoms. The molecule has 0 aliphatic carbocycles. The molecule has 0 aliphatic heterocycles. The van der Waals surface area contributed by atoms with E-state index in [0.29, 0.717) is 34.0 Å². The summed E-state index contributed by atoms with van der Waals surface area (Å²) < 4.78 is 14.4. The normalized spacial score (nSPS) is 10.9. The molecule has 0 saturated carbocycles. The van der Waals surface area contributed by atoms with Gasteiger partial charge in [-0.25, -0.2) is 19.3 Å². The van der Waals surface area contributed by atoms with E-state index >= 15 is 0 Å². The van der Waals surface area contributed by atoms with Gasteiger partial charge in [-0.2, -0.15) is 0 Å². The molecule has 0 unspecified atom stereocenters. The van der Waals surface area contributed by atoms with E-state index in [1.807, 2.05) is 42.5 Å². The van der Waals surface area contributed by atoms with E-state index in [1.54, 1.807) is 44.5 Å². The molecule has 0 atom stereocenters. The Kier molecular flexibility index (Phi) is 5.35. The van der Waals surface area contributed by atoms with Crippen LogP contribution in [0.5, 0.6) is 17.2 Å². The highest BCUT2D eigenvalue weighted by molar-refractivity contribution is 5.86. The zero-order chi connectivity index (χ0) is 23.7. The number of para-hydroxylation sites is 1. The minimum atomic E-state index is -0.356. The number of imidazole rings is 1. The molecule has 3 aromatic carbocycles. The van der Waals surface area contributed by atoms with Crippen molar-refractivity contribution in [1.29, 1.82) is 0 Å². The molecule has 0 fully saturated rings. The van der Waals surface area contributed by atoms with E-state index in [9.17, 15) is 4.79 Å². The molecular weight excluding hydrogens is 432 g/mol. The van der Waals surface area contributed by atoms with Gasteiger partial charge in [0.2, 0.25) is 0 Å². The minimum Gasteiger partial charge on any atom is -0.495 e. The lowest BCUT2D eigenvalue weighted by Gasteiger charge is -2.11. The molecule has 5 rings (SSSR count). The van der Waals surface area contributed by atoms with Crippen molar-refractivity contribution in [2.24, 2.45) is 0 Å². The smallest absolute Gasteiger partial charge is 0.339 e. The Labute approximate surface area is 195 Å². The highest BCUT2D eigenvalue weighted by Gasteiger charge is 2.22. The topological polar surface area (TPSA) is 109 Å². The van der Waals surface area contributed by atoms with Gasteiger partial charge >= 0.3 is 5.69 Å². The first kappa shape index (κ1) is 21.1. The third-order valence-corrected chi connectivity index (χ3v) is 5.43. The Morgan fingerprint density at radius 1 is 0.912 bits per heavy atom. The molecule has 0 amide bonds. The van der Waals surface area contributed by atoms with Crippen LogP contribution in [-0.4, -0.2) is 33.3 Å². The Bertz CT molecular complexity index is 1520. The van der Waals surface area contributed by atoms with Crippen LogP contribution < -0.4 is 26.2 Å². The number of nitrogen functional groups attached to an aromatic ring is 1. The summed E-state index contributed by atoms with van der Waals surface area (Å²) in [6.07, 6.45) is 1.34. The SMILES string of the molecule is CNc1ccc(OC)c(-n2c(=O)n(-c3ccc(Oc4ccccc4)cc3)c3c(N)ncnc32)c1. The Morgan fingerprint density at radius 2 is 1.65 bits per heavy atom. The van der Waals surface area contributed by atoms with Crippen LogP contribution in [0.3, 0.4) is 0 Å². The molecule has 0 aliphatic rings. The van der Waals surface area contributed by atoms with Gasteiger partial charge in [0.15, 0.2) is 11.5 Å². The molecule has 2 aromatic heterocycles. The summed E-state index contributed by atoms with van der Waals surface area (Å²) in [5, 5.41) is 3.08. The average Bonchev–Trinajstić information content (AvgIpc) is 3.17. The van der Waals surface area contributed by atoms with Crippen LogP contribution >= 0.6 is 0 Å². The lowest BCUT2D eigenvalue weighted by molar-refractivity contribution is 0.413. The highest BCUT2D eigenvalue weighted by atomic mass is 16.5. The Hall–Kier alpha value is -4.79. The maximum Gasteiger partial charge on any atom is 0.339 e. The maximum atomic E-state index is 13.8. The van der Waals surface area contributed by atoms with Crippen molar-refractivity contribution < 1.29 is 9.47 Å². The fraction of sp³-hybridized carbons (Fsp3) is 0.0800. The van der Waals surface area contributed by atoms with Crippen LogP contribution in [-0.2, 0) is 0 Å². The second-order valence-corrected chi connectivity index (χ2v) is 7.43. The number of nitrogens with one attached hydrogen (secondary N) is 1. The molecular formula is C25H22N6O3. The van der Waals surface area contributed by atoms with Gasteiger partial charge in [0.05, 0.1) is 18.5 Å². The fourth-order valence-corrected chi connectivity index (χ4v) is 3.81. The zero-order valence-corrected chi connectivity index (χ0v) is 18.6. The number of hydrogen-bond donors (Lipinski definition) is 2. The van der Waals surface area contributed by atoms with Crippen LogP contribution in [0.15, 0.2) is 83.9 Å². The molecule has 0 saturated heterocycles. The molecule has 9 nitrogen and oxygen atoms in total. The van der Waals surface area contributed by atoms with Crippen LogP contribution in [0, 0.1) is 0 Å². The van der Waals surface area contributed by atoms with E-state index < -0.39 is 0 Å². The molecule has 0 radical (unpaired) electrons. The van der Waals surface area contributed by atoms with E-state index in [4.69, 9.17) is 15.2 Å². The van der Waals surface area contributed by atoms with Crippen LogP contribution in [0.25, 0.3) is 22.5 Å². The summed E-state index contributed by atoms with van der Waals surface area (Å²) >= 11 is 0. The Balaban J connectivity index is 1.68. The maximum absolute atomic E-state index is 13.8. The number of anilines is 2. The van der Waals surface area contributed by atoms with Gasteiger partial charge in [0.1, 0.15) is 29.1 Å². The number of methoxy groups -OCH3 is 1. The van der Waals surface area contributed by atoms with Crippen molar-refractivity contribution >= 4 is 22.7 Å². The van der Waals surface area contributed by atoms with E-state index in [2.05, 4.69) is 15.3 Å². The summed E-state index contributed by atoms with van der Waals surface area (Å²) in [5.74, 6) is 2.07. The van der Waals surface area contributed by atoms with Crippen LogP contribution in [0.4, 0.5) is 11.5 Å². The first-order valence-electron chi connectivity index (χ1n) is 10.5. The molecule has 9 heteroatoms. The fourth-order valence-electron chi connectivity index (χ4n) is 3.81. The minimum absolute atomic E-state index is 0.189. The molecule has 170 valence electrons. The second-order valence-electron chi connectivity index (χ2n) is 7.43. The van der Waals surface area contributed by atoms with E-state index in [-0.39, 0.29) is 11.5 Å². The number of hydrogen-bond acceptors (Lipinski definition) is 7. The van der Waals surface area contributed by atoms with Crippen molar-refractivity contribution in [2.75, 3.05) is 25.2 Å². The van der Waals surface area contributed by atoms with Crippen molar-refractivity contribution in [1.82, 2.24) is 19.1 Å². The molecule has 2 heterocycles. The number of ether oxygens (including phenoxy) is 2. The van der Waals surface area contributed by atoms with Crippen molar-refractivity contribution in [3.05, 3.63) is 89.6 Å². The van der Waals surface area contributed by atoms with Crippen molar-refractivity contribution in [3.8, 4) is 28.6 Å². The highest BCUT2D eigenvalue weighted by Crippen LogP contribution is 2.30. The van der Waals surface area contributed by atoms with Crippen LogP contribution in [0.1, 0.15) is 0 Å². The number of rotatable bonds is 6. The Morgan fingerprint density at radius 3 is 2.35 bits per heavy atom. The van der Waals surface area contributed by atoms with Crippen LogP contribution in [0.2, 0.25) is 0 Å². The summed E-state index contributed by atoms with van der Waals surface area (Å²) in [7, 11) is 3.35. The summed E-state index contributed by atoms with van der Waals surface area (Å²) in [5.41, 5.74) is 8.58. The lowest BCUT2D eigenvalue weighted by atomic mass is 10.2. The quantitative estimate of drug-likeness (QED) is 0.399. The number of aromatic nitrogens is 4. The summed E-state index contributed by atoms with van der Waals surface area (Å²) in [6.45, 7) is 0. The lowest BCUT2D eigenvalue weighted by Crippen LogP contribution is -2.22. The number of benzene rings is 3. The first-order valence-corrected chi connectivity index (χ1v) is 10.5. The third-order valence-electron chi connectivity index (χ3n) is 5.43. The number of nitrogens with zero attached hydrogens (tertiary/aromatic N) is 4.